The molecular weight excluding hydrogens is 404 g/mol. The molecule has 0 spiro atoms. The van der Waals surface area contributed by atoms with Crippen LogP contribution in [0.1, 0.15) is 11.9 Å². The van der Waals surface area contributed by atoms with Gasteiger partial charge < -0.3 is 19.3 Å². The van der Waals surface area contributed by atoms with Gasteiger partial charge in [-0.05, 0) is 11.6 Å². The van der Waals surface area contributed by atoms with Crippen LogP contribution in [0.25, 0.3) is 10.4 Å². The third kappa shape index (κ3) is 4.11. The second kappa shape index (κ2) is 8.67. The molecule has 3 unspecified atom stereocenters. The molecule has 3 heterocycles. The number of aliphatic hydroxyl groups is 1. The van der Waals surface area contributed by atoms with Crippen molar-refractivity contribution in [3.8, 4) is 0 Å². The average molecular weight is 421 g/mol. The smallest absolute Gasteiger partial charge is 0.184 e. The van der Waals surface area contributed by atoms with Gasteiger partial charge in [0.05, 0.1) is 17.7 Å². The molecule has 28 heavy (non-hydrogen) atoms. The summed E-state index contributed by atoms with van der Waals surface area (Å²) in [6.07, 6.45) is 0.352. The highest BCUT2D eigenvalue weighted by molar-refractivity contribution is 7.99. The fourth-order valence-electron chi connectivity index (χ4n) is 3.24. The molecule has 2 aliphatic rings. The maximum Gasteiger partial charge on any atom is 0.184 e. The topological polar surface area (TPSA) is 110 Å². The first-order valence-corrected chi connectivity index (χ1v) is 9.88. The number of aliphatic hydroxyl groups excluding tert-OH is 1. The Labute approximate surface area is 170 Å². The SMILES string of the molecule is [N-]=[N+]=N[C@@H]1C(O)[C@@H](Sc2cncc(Cl)c2)OC2COC(c3ccccc3)O[C@@H]21. The number of halogens is 1. The van der Waals surface area contributed by atoms with Gasteiger partial charge in [-0.2, -0.15) is 0 Å². The van der Waals surface area contributed by atoms with Gasteiger partial charge >= 0.3 is 0 Å². The Bertz CT molecular complexity index is 870. The molecule has 8 nitrogen and oxygen atoms in total. The molecule has 4 rings (SSSR count). The van der Waals surface area contributed by atoms with Crippen LogP contribution in [0, 0.1) is 0 Å². The summed E-state index contributed by atoms with van der Waals surface area (Å²) in [4.78, 5) is 7.66. The van der Waals surface area contributed by atoms with E-state index < -0.39 is 36.1 Å². The van der Waals surface area contributed by atoms with Crippen molar-refractivity contribution < 1.29 is 19.3 Å². The zero-order valence-electron chi connectivity index (χ0n) is 14.5. The van der Waals surface area contributed by atoms with Crippen molar-refractivity contribution in [1.82, 2.24) is 4.98 Å². The molecule has 10 heteroatoms. The Morgan fingerprint density at radius 2 is 2.07 bits per heavy atom. The molecule has 0 radical (unpaired) electrons. The Kier molecular flexibility index (Phi) is 6.03. The molecule has 1 aromatic carbocycles. The quantitative estimate of drug-likeness (QED) is 0.458. The maximum atomic E-state index is 10.8. The summed E-state index contributed by atoms with van der Waals surface area (Å²) in [5.41, 5.74) is 9.17. The van der Waals surface area contributed by atoms with Crippen LogP contribution >= 0.6 is 23.4 Å². The predicted molar refractivity (Wildman–Crippen MR) is 103 cm³/mol. The van der Waals surface area contributed by atoms with E-state index in [2.05, 4.69) is 15.0 Å². The van der Waals surface area contributed by atoms with Crippen LogP contribution in [0.2, 0.25) is 5.02 Å². The first-order valence-electron chi connectivity index (χ1n) is 8.62. The van der Waals surface area contributed by atoms with Crippen molar-refractivity contribution in [2.45, 2.75) is 41.0 Å². The summed E-state index contributed by atoms with van der Waals surface area (Å²) < 4.78 is 17.8. The second-order valence-corrected chi connectivity index (χ2v) is 7.97. The lowest BCUT2D eigenvalue weighted by molar-refractivity contribution is -0.297. The predicted octanol–water partition coefficient (Wildman–Crippen LogP) is 3.71. The minimum Gasteiger partial charge on any atom is -0.389 e. The second-order valence-electron chi connectivity index (χ2n) is 6.36. The van der Waals surface area contributed by atoms with E-state index in [1.54, 1.807) is 12.3 Å². The molecule has 1 aromatic heterocycles. The van der Waals surface area contributed by atoms with Gasteiger partial charge in [0.15, 0.2) is 6.29 Å². The van der Waals surface area contributed by atoms with Gasteiger partial charge in [0.25, 0.3) is 0 Å². The van der Waals surface area contributed by atoms with Crippen LogP contribution in [-0.2, 0) is 14.2 Å². The van der Waals surface area contributed by atoms with Crippen molar-refractivity contribution in [2.24, 2.45) is 5.11 Å². The average Bonchev–Trinajstić information content (AvgIpc) is 2.71. The molecule has 2 aliphatic heterocycles. The first kappa shape index (κ1) is 19.5. The number of rotatable bonds is 4. The fraction of sp³-hybridized carbons (Fsp3) is 0.389. The van der Waals surface area contributed by atoms with E-state index >= 15 is 0 Å². The minimum atomic E-state index is -1.07. The number of benzene rings is 1. The number of fused-ring (bicyclic) bond motifs is 1. The molecule has 0 saturated carbocycles. The Morgan fingerprint density at radius 3 is 2.82 bits per heavy atom. The highest BCUT2D eigenvalue weighted by Crippen LogP contribution is 2.40. The lowest BCUT2D eigenvalue weighted by Crippen LogP contribution is -2.60. The van der Waals surface area contributed by atoms with Gasteiger partial charge in [-0.1, -0.05) is 58.8 Å². The number of ether oxygens (including phenoxy) is 3. The van der Waals surface area contributed by atoms with Crippen LogP contribution in [-0.4, -0.2) is 46.5 Å². The van der Waals surface area contributed by atoms with E-state index in [0.717, 1.165) is 10.5 Å². The summed E-state index contributed by atoms with van der Waals surface area (Å²) in [5.74, 6) is 0. The van der Waals surface area contributed by atoms with E-state index in [4.69, 9.17) is 31.3 Å². The monoisotopic (exact) mass is 420 g/mol. The molecule has 0 aliphatic carbocycles. The van der Waals surface area contributed by atoms with Gasteiger partial charge in [0.1, 0.15) is 23.7 Å². The molecule has 2 fully saturated rings. The van der Waals surface area contributed by atoms with Crippen LogP contribution in [0.15, 0.2) is 58.8 Å². The number of azide groups is 1. The molecule has 1 N–H and O–H groups in total. The van der Waals surface area contributed by atoms with Gasteiger partial charge in [-0.3, -0.25) is 4.98 Å². The number of hydrogen-bond donors (Lipinski definition) is 1. The number of aromatic nitrogens is 1. The van der Waals surface area contributed by atoms with Crippen LogP contribution in [0.4, 0.5) is 0 Å². The highest BCUT2D eigenvalue weighted by atomic mass is 35.5. The third-order valence-corrected chi connectivity index (χ3v) is 5.85. The van der Waals surface area contributed by atoms with E-state index in [1.165, 1.54) is 18.0 Å². The van der Waals surface area contributed by atoms with Crippen molar-refractivity contribution in [2.75, 3.05) is 6.61 Å². The fourth-order valence-corrected chi connectivity index (χ4v) is 4.56. The molecule has 6 atom stereocenters. The summed E-state index contributed by atoms with van der Waals surface area (Å²) >= 11 is 7.23. The van der Waals surface area contributed by atoms with Gasteiger partial charge in [-0.25, -0.2) is 0 Å². The van der Waals surface area contributed by atoms with Gasteiger partial charge in [-0.15, -0.1) is 0 Å². The lowest BCUT2D eigenvalue weighted by Gasteiger charge is -2.46. The molecular formula is C18H17ClN4O4S. The zero-order valence-corrected chi connectivity index (χ0v) is 16.1. The number of hydrogen-bond acceptors (Lipinski definition) is 7. The van der Waals surface area contributed by atoms with E-state index in [9.17, 15) is 5.11 Å². The maximum absolute atomic E-state index is 10.8. The minimum absolute atomic E-state index is 0.249. The third-order valence-electron chi connectivity index (χ3n) is 4.52. The Morgan fingerprint density at radius 1 is 1.25 bits per heavy atom. The normalized spacial score (nSPS) is 32.2. The van der Waals surface area contributed by atoms with Crippen LogP contribution in [0.5, 0.6) is 0 Å². The van der Waals surface area contributed by atoms with Gasteiger partial charge in [0.2, 0.25) is 0 Å². The highest BCUT2D eigenvalue weighted by Gasteiger charge is 2.49. The zero-order chi connectivity index (χ0) is 19.5. The largest absolute Gasteiger partial charge is 0.389 e. The summed E-state index contributed by atoms with van der Waals surface area (Å²) in [5, 5.41) is 15.1. The number of pyridine rings is 1. The summed E-state index contributed by atoms with van der Waals surface area (Å²) in [7, 11) is 0. The van der Waals surface area contributed by atoms with Gasteiger partial charge in [0, 0.05) is 27.8 Å². The molecule has 0 amide bonds. The van der Waals surface area contributed by atoms with Crippen LogP contribution in [0.3, 0.4) is 0 Å². The van der Waals surface area contributed by atoms with Crippen LogP contribution < -0.4 is 0 Å². The Hall–Kier alpha value is -1.84. The molecule has 146 valence electrons. The van der Waals surface area contributed by atoms with E-state index in [0.29, 0.717) is 5.02 Å². The van der Waals surface area contributed by atoms with E-state index in [-0.39, 0.29) is 6.61 Å². The summed E-state index contributed by atoms with van der Waals surface area (Å²) in [6.45, 7) is 0.249. The standard InChI is InChI=1S/C18H17ClN4O4S/c19-11-6-12(8-21-7-11)28-18-15(24)14(22-23-20)16-13(26-18)9-25-17(27-16)10-4-2-1-3-5-10/h1-8,13-18,24H,9H2/t13?,14-,15?,16+,17?,18-/m1/s1. The van der Waals surface area contributed by atoms with Crippen molar-refractivity contribution in [1.29, 1.82) is 0 Å². The summed E-state index contributed by atoms with van der Waals surface area (Å²) in [6, 6.07) is 10.4. The first-order chi connectivity index (χ1) is 13.7. The van der Waals surface area contributed by atoms with Crippen molar-refractivity contribution in [3.63, 3.8) is 0 Å². The number of thioether (sulfide) groups is 1. The lowest BCUT2D eigenvalue weighted by atomic mass is 9.97. The molecule has 0 bridgehead atoms. The molecule has 2 aromatic rings. The molecule has 2 saturated heterocycles. The number of nitrogens with zero attached hydrogens (tertiary/aromatic N) is 4. The van der Waals surface area contributed by atoms with E-state index in [1.807, 2.05) is 30.3 Å². The van der Waals surface area contributed by atoms with Crippen molar-refractivity contribution >= 4 is 23.4 Å². The van der Waals surface area contributed by atoms with Crippen molar-refractivity contribution in [3.05, 3.63) is 69.8 Å². The Balaban J connectivity index is 1.54.